The van der Waals surface area contributed by atoms with Gasteiger partial charge in [-0.15, -0.1) is 0 Å². The Morgan fingerprint density at radius 2 is 1.72 bits per heavy atom. The van der Waals surface area contributed by atoms with Crippen LogP contribution in [0.5, 0.6) is 0 Å². The van der Waals surface area contributed by atoms with Crippen LogP contribution < -0.4 is 0 Å². The molecule has 0 amide bonds. The third-order valence-corrected chi connectivity index (χ3v) is 5.88. The maximum Gasteiger partial charge on any atom is 0.282 e. The number of carbonyl (C=O) groups is 1. The number of nitrogens with zero attached hydrogens (tertiary/aromatic N) is 2. The average Bonchev–Trinajstić information content (AvgIpc) is 2.82. The molecule has 0 aromatic heterocycles. The molecule has 2 rings (SSSR count). The van der Waals surface area contributed by atoms with Crippen molar-refractivity contribution in [3.05, 3.63) is 0 Å². The summed E-state index contributed by atoms with van der Waals surface area (Å²) in [5.41, 5.74) is 0. The number of rotatable bonds is 4. The second-order valence-corrected chi connectivity index (χ2v) is 7.16. The summed E-state index contributed by atoms with van der Waals surface area (Å²) >= 11 is 0. The highest BCUT2D eigenvalue weighted by molar-refractivity contribution is 7.86. The van der Waals surface area contributed by atoms with E-state index < -0.39 is 10.2 Å². The van der Waals surface area contributed by atoms with E-state index >= 15 is 0 Å². The van der Waals surface area contributed by atoms with E-state index in [4.69, 9.17) is 0 Å². The van der Waals surface area contributed by atoms with Crippen LogP contribution >= 0.6 is 0 Å². The van der Waals surface area contributed by atoms with Crippen molar-refractivity contribution in [1.82, 2.24) is 8.61 Å². The fourth-order valence-electron chi connectivity index (χ4n) is 2.88. The van der Waals surface area contributed by atoms with E-state index in [0.29, 0.717) is 26.1 Å². The zero-order chi connectivity index (χ0) is 13.2. The quantitative estimate of drug-likeness (QED) is 0.773. The predicted octanol–water partition coefficient (Wildman–Crippen LogP) is 1.16. The van der Waals surface area contributed by atoms with Gasteiger partial charge in [0.1, 0.15) is 5.78 Å². The molecule has 0 radical (unpaired) electrons. The zero-order valence-electron chi connectivity index (χ0n) is 11.0. The van der Waals surface area contributed by atoms with Gasteiger partial charge < -0.3 is 0 Å². The Labute approximate surface area is 109 Å². The third-order valence-electron chi connectivity index (χ3n) is 3.78. The first kappa shape index (κ1) is 14.0. The van der Waals surface area contributed by atoms with Gasteiger partial charge in [0.2, 0.25) is 0 Å². The smallest absolute Gasteiger partial charge is 0.282 e. The molecule has 1 unspecified atom stereocenters. The lowest BCUT2D eigenvalue weighted by atomic mass is 10.0. The highest BCUT2D eigenvalue weighted by Gasteiger charge is 2.37. The van der Waals surface area contributed by atoms with E-state index in [0.717, 1.165) is 32.1 Å². The Bertz CT molecular complexity index is 402. The number of piperidine rings is 1. The van der Waals surface area contributed by atoms with Crippen molar-refractivity contribution in [2.24, 2.45) is 0 Å². The summed E-state index contributed by atoms with van der Waals surface area (Å²) < 4.78 is 28.2. The van der Waals surface area contributed by atoms with Crippen molar-refractivity contribution in [2.75, 3.05) is 19.6 Å². The molecule has 104 valence electrons. The minimum Gasteiger partial charge on any atom is -0.300 e. The third kappa shape index (κ3) is 2.92. The Kier molecular flexibility index (Phi) is 4.40. The summed E-state index contributed by atoms with van der Waals surface area (Å²) in [6, 6.07) is -0.123. The largest absolute Gasteiger partial charge is 0.300 e. The van der Waals surface area contributed by atoms with Crippen LogP contribution in [0.25, 0.3) is 0 Å². The Hall–Kier alpha value is -0.460. The predicted molar refractivity (Wildman–Crippen MR) is 69.4 cm³/mol. The molecule has 0 aromatic rings. The lowest BCUT2D eigenvalue weighted by Gasteiger charge is -2.36. The summed E-state index contributed by atoms with van der Waals surface area (Å²) in [7, 11) is -3.34. The van der Waals surface area contributed by atoms with Crippen molar-refractivity contribution >= 4 is 16.0 Å². The lowest BCUT2D eigenvalue weighted by Crippen LogP contribution is -2.50. The van der Waals surface area contributed by atoms with E-state index in [1.165, 1.54) is 6.92 Å². The van der Waals surface area contributed by atoms with Crippen LogP contribution in [0, 0.1) is 0 Å². The summed E-state index contributed by atoms with van der Waals surface area (Å²) in [5.74, 6) is 0.0727. The summed E-state index contributed by atoms with van der Waals surface area (Å²) in [4.78, 5) is 11.3. The van der Waals surface area contributed by atoms with Crippen molar-refractivity contribution in [3.63, 3.8) is 0 Å². The molecule has 0 aromatic carbocycles. The number of hydrogen-bond donors (Lipinski definition) is 0. The second-order valence-electron chi connectivity index (χ2n) is 5.28. The minimum absolute atomic E-state index is 0.0727. The van der Waals surface area contributed by atoms with Gasteiger partial charge in [0.15, 0.2) is 0 Å². The van der Waals surface area contributed by atoms with Crippen LogP contribution in [0.4, 0.5) is 0 Å². The zero-order valence-corrected chi connectivity index (χ0v) is 11.8. The van der Waals surface area contributed by atoms with Gasteiger partial charge in [0.05, 0.1) is 0 Å². The normalized spacial score (nSPS) is 27.5. The number of hydrogen-bond acceptors (Lipinski definition) is 3. The van der Waals surface area contributed by atoms with Crippen molar-refractivity contribution in [2.45, 2.75) is 51.5 Å². The first-order valence-corrected chi connectivity index (χ1v) is 8.18. The minimum atomic E-state index is -3.34. The number of ketones is 1. The molecule has 0 spiro atoms. The Balaban J connectivity index is 2.14. The molecule has 0 aliphatic carbocycles. The van der Waals surface area contributed by atoms with Gasteiger partial charge in [0, 0.05) is 32.1 Å². The molecule has 0 saturated carbocycles. The van der Waals surface area contributed by atoms with Crippen LogP contribution in [0.15, 0.2) is 0 Å². The molecule has 2 heterocycles. The van der Waals surface area contributed by atoms with Crippen LogP contribution in [-0.4, -0.2) is 48.5 Å². The molecule has 6 heteroatoms. The molecule has 0 bridgehead atoms. The standard InChI is InChI=1S/C12H22N2O3S/c1-11(15)10-12-6-2-3-9-14(12)18(16,17)13-7-4-5-8-13/h12H,2-10H2,1H3. The molecule has 2 saturated heterocycles. The van der Waals surface area contributed by atoms with Crippen LogP contribution in [0.2, 0.25) is 0 Å². The molecule has 5 nitrogen and oxygen atoms in total. The first-order chi connectivity index (χ1) is 8.51. The van der Waals surface area contributed by atoms with E-state index in [2.05, 4.69) is 0 Å². The summed E-state index contributed by atoms with van der Waals surface area (Å²) in [5, 5.41) is 0. The molecule has 1 atom stereocenters. The SMILES string of the molecule is CC(=O)CC1CCCCN1S(=O)(=O)N1CCCC1. The lowest BCUT2D eigenvalue weighted by molar-refractivity contribution is -0.118. The van der Waals surface area contributed by atoms with E-state index in [1.54, 1.807) is 8.61 Å². The highest BCUT2D eigenvalue weighted by Crippen LogP contribution is 2.26. The van der Waals surface area contributed by atoms with Crippen LogP contribution in [0.3, 0.4) is 0 Å². The maximum absolute atomic E-state index is 12.5. The summed E-state index contributed by atoms with van der Waals surface area (Å²) in [6.07, 6.45) is 4.99. The molecule has 2 aliphatic rings. The topological polar surface area (TPSA) is 57.7 Å². The highest BCUT2D eigenvalue weighted by atomic mass is 32.2. The van der Waals surface area contributed by atoms with Crippen molar-refractivity contribution in [1.29, 1.82) is 0 Å². The molecule has 2 fully saturated rings. The monoisotopic (exact) mass is 274 g/mol. The molecular formula is C12H22N2O3S. The number of carbonyl (C=O) groups excluding carboxylic acids is 1. The van der Waals surface area contributed by atoms with E-state index in [9.17, 15) is 13.2 Å². The Morgan fingerprint density at radius 3 is 2.33 bits per heavy atom. The second kappa shape index (κ2) is 5.67. The van der Waals surface area contributed by atoms with Crippen LogP contribution in [0.1, 0.15) is 45.4 Å². The molecule has 2 aliphatic heterocycles. The fourth-order valence-corrected chi connectivity index (χ4v) is 4.81. The van der Waals surface area contributed by atoms with Crippen LogP contribution in [-0.2, 0) is 15.0 Å². The fraction of sp³-hybridized carbons (Fsp3) is 0.917. The van der Waals surface area contributed by atoms with Gasteiger partial charge >= 0.3 is 0 Å². The molecule has 18 heavy (non-hydrogen) atoms. The van der Waals surface area contributed by atoms with E-state index in [1.807, 2.05) is 0 Å². The van der Waals surface area contributed by atoms with Gasteiger partial charge in [-0.1, -0.05) is 6.42 Å². The van der Waals surface area contributed by atoms with Gasteiger partial charge in [0.25, 0.3) is 10.2 Å². The van der Waals surface area contributed by atoms with Gasteiger partial charge in [-0.2, -0.15) is 17.0 Å². The van der Waals surface area contributed by atoms with Crippen molar-refractivity contribution < 1.29 is 13.2 Å². The average molecular weight is 274 g/mol. The number of Topliss-reactive ketones (excluding diaryl/α,β-unsaturated/α-hetero) is 1. The first-order valence-electron chi connectivity index (χ1n) is 6.78. The molecule has 0 N–H and O–H groups in total. The van der Waals surface area contributed by atoms with Gasteiger partial charge in [-0.05, 0) is 32.6 Å². The van der Waals surface area contributed by atoms with Gasteiger partial charge in [-0.25, -0.2) is 0 Å². The van der Waals surface area contributed by atoms with Crippen molar-refractivity contribution in [3.8, 4) is 0 Å². The van der Waals surface area contributed by atoms with E-state index in [-0.39, 0.29) is 11.8 Å². The molecular weight excluding hydrogens is 252 g/mol. The maximum atomic E-state index is 12.5. The van der Waals surface area contributed by atoms with Gasteiger partial charge in [-0.3, -0.25) is 4.79 Å². The summed E-state index contributed by atoms with van der Waals surface area (Å²) in [6.45, 7) is 3.36. The Morgan fingerprint density at radius 1 is 1.11 bits per heavy atom.